The van der Waals surface area contributed by atoms with Gasteiger partial charge in [-0.2, -0.15) is 0 Å². The summed E-state index contributed by atoms with van der Waals surface area (Å²) in [5, 5.41) is 6.23. The fraction of sp³-hybridized carbons (Fsp3) is 0.583. The highest BCUT2D eigenvalue weighted by Gasteiger charge is 2.59. The molecule has 128 valence electrons. The Hall–Kier alpha value is -1.23. The van der Waals surface area contributed by atoms with Crippen LogP contribution in [0.3, 0.4) is 0 Å². The molecule has 11 heteroatoms. The Kier molecular flexibility index (Phi) is 5.29. The van der Waals surface area contributed by atoms with Crippen molar-refractivity contribution in [3.8, 4) is 0 Å². The Morgan fingerprint density at radius 1 is 1.48 bits per heavy atom. The molecule has 2 heterocycles. The molecule has 0 radical (unpaired) electrons. The molecule has 0 saturated carbocycles. The zero-order valence-electron chi connectivity index (χ0n) is 12.0. The van der Waals surface area contributed by atoms with Gasteiger partial charge in [-0.05, 0) is 12.2 Å². The van der Waals surface area contributed by atoms with Crippen molar-refractivity contribution in [1.82, 2.24) is 4.90 Å². The van der Waals surface area contributed by atoms with Crippen LogP contribution in [0.15, 0.2) is 11.3 Å². The molecule has 1 N–H and O–H groups in total. The lowest BCUT2D eigenvalue weighted by Crippen LogP contribution is -2.68. The maximum absolute atomic E-state index is 12.3. The first-order valence-electron chi connectivity index (χ1n) is 6.52. The van der Waals surface area contributed by atoms with E-state index in [2.05, 4.69) is 0 Å². The summed E-state index contributed by atoms with van der Waals surface area (Å²) in [5.41, 5.74) is 0.202. The van der Waals surface area contributed by atoms with Crippen LogP contribution in [0.25, 0.3) is 0 Å². The number of amides is 1. The van der Waals surface area contributed by atoms with Crippen molar-refractivity contribution in [3.05, 3.63) is 11.3 Å². The van der Waals surface area contributed by atoms with Crippen LogP contribution in [0.5, 0.6) is 0 Å². The molecule has 2 aliphatic heterocycles. The molecule has 1 fully saturated rings. The van der Waals surface area contributed by atoms with Crippen molar-refractivity contribution in [2.45, 2.75) is 17.7 Å². The molecule has 0 aromatic heterocycles. The number of β-lactam (4-membered cyclic amide) rings is 1. The minimum Gasteiger partial charge on any atom is -0.479 e. The fourth-order valence-corrected chi connectivity index (χ4v) is 5.23. The van der Waals surface area contributed by atoms with Gasteiger partial charge in [-0.15, -0.1) is 11.6 Å². The van der Waals surface area contributed by atoms with E-state index in [0.29, 0.717) is 0 Å². The quantitative estimate of drug-likeness (QED) is 0.288. The number of aliphatic hydroxyl groups excluding tert-OH is 1. The molecule has 2 rings (SSSR count). The monoisotopic (exact) mass is 383 g/mol. The normalized spacial score (nSPS) is 25.5. The lowest BCUT2D eigenvalue weighted by Gasteiger charge is -2.47. The Morgan fingerprint density at radius 3 is 2.70 bits per heavy atom. The summed E-state index contributed by atoms with van der Waals surface area (Å²) in [6.07, 6.45) is 0. The molecule has 2 atom stereocenters. The maximum atomic E-state index is 12.3. The zero-order valence-corrected chi connectivity index (χ0v) is 14.4. The van der Waals surface area contributed by atoms with Gasteiger partial charge in [-0.1, -0.05) is 0 Å². The average Bonchev–Trinajstić information content (AvgIpc) is 2.48. The number of nitrogens with zero attached hydrogens (tertiary/aromatic N) is 1. The molecular weight excluding hydrogens is 370 g/mol. The van der Waals surface area contributed by atoms with Gasteiger partial charge in [-0.3, -0.25) is 14.5 Å². The van der Waals surface area contributed by atoms with Gasteiger partial charge in [0.1, 0.15) is 24.3 Å². The van der Waals surface area contributed by atoms with Crippen LogP contribution in [0.2, 0.25) is 0 Å². The van der Waals surface area contributed by atoms with Crippen molar-refractivity contribution >= 4 is 50.6 Å². The lowest BCUT2D eigenvalue weighted by molar-refractivity contribution is -0.140. The molecule has 1 amide bonds. The number of hydrogen-bond acceptors (Lipinski definition) is 8. The third-order valence-corrected chi connectivity index (χ3v) is 6.12. The summed E-state index contributed by atoms with van der Waals surface area (Å²) in [6.45, 7) is 0.411. The summed E-state index contributed by atoms with van der Waals surface area (Å²) < 4.78 is 34.5. The number of aliphatic hydroxyl groups is 1. The van der Waals surface area contributed by atoms with Crippen molar-refractivity contribution < 1.29 is 32.6 Å². The van der Waals surface area contributed by atoms with Gasteiger partial charge >= 0.3 is 5.97 Å². The number of alkyl halides is 1. The number of hydrogen-bond donors (Lipinski definition) is 1. The van der Waals surface area contributed by atoms with Crippen LogP contribution in [-0.2, 0) is 28.9 Å². The standard InChI is InChI=1S/C12H14ClNO7S2/c1-6(16)21-4-7-5-23(18,19)11-8(13)10(17)14(11)9(7)12(22)20-3-2-15/h8,11,15H,2-5H2,1H3/t8-,11?/m0/s1. The second kappa shape index (κ2) is 6.71. The van der Waals surface area contributed by atoms with Crippen LogP contribution in [0.4, 0.5) is 0 Å². The number of rotatable bonds is 5. The average molecular weight is 384 g/mol. The molecule has 8 nitrogen and oxygen atoms in total. The molecule has 1 unspecified atom stereocenters. The van der Waals surface area contributed by atoms with Crippen molar-refractivity contribution in [2.75, 3.05) is 25.6 Å². The molecule has 0 bridgehead atoms. The van der Waals surface area contributed by atoms with Gasteiger partial charge in [0, 0.05) is 12.5 Å². The topological polar surface area (TPSA) is 110 Å². The first kappa shape index (κ1) is 18.1. The molecule has 23 heavy (non-hydrogen) atoms. The fourth-order valence-electron chi connectivity index (χ4n) is 2.32. The number of carbonyl (C=O) groups is 2. The van der Waals surface area contributed by atoms with Gasteiger partial charge in [0.05, 0.1) is 12.4 Å². The smallest absolute Gasteiger partial charge is 0.302 e. The van der Waals surface area contributed by atoms with Crippen LogP contribution in [-0.4, -0.2) is 71.7 Å². The van der Waals surface area contributed by atoms with Gasteiger partial charge in [0.2, 0.25) is 11.0 Å². The predicted octanol–water partition coefficient (Wildman–Crippen LogP) is -0.656. The van der Waals surface area contributed by atoms with E-state index in [9.17, 15) is 18.0 Å². The van der Waals surface area contributed by atoms with Crippen molar-refractivity contribution in [1.29, 1.82) is 0 Å². The Morgan fingerprint density at radius 2 is 2.13 bits per heavy atom. The molecule has 0 spiro atoms. The van der Waals surface area contributed by atoms with E-state index >= 15 is 0 Å². The highest BCUT2D eigenvalue weighted by Crippen LogP contribution is 2.39. The molecule has 0 aromatic rings. The molecule has 2 aliphatic rings. The lowest BCUT2D eigenvalue weighted by atomic mass is 10.1. The minimum atomic E-state index is -3.73. The number of fused-ring (bicyclic) bond motifs is 1. The van der Waals surface area contributed by atoms with Crippen molar-refractivity contribution in [2.24, 2.45) is 0 Å². The number of halogens is 1. The third-order valence-electron chi connectivity index (χ3n) is 3.26. The Labute approximate surface area is 142 Å². The van der Waals surface area contributed by atoms with Gasteiger partial charge in [0.25, 0.3) is 0 Å². The summed E-state index contributed by atoms with van der Waals surface area (Å²) in [5.74, 6) is -1.68. The maximum Gasteiger partial charge on any atom is 0.302 e. The molecule has 0 aliphatic carbocycles. The third kappa shape index (κ3) is 3.35. The number of esters is 1. The largest absolute Gasteiger partial charge is 0.479 e. The minimum absolute atomic E-state index is 0.0661. The predicted molar refractivity (Wildman–Crippen MR) is 83.4 cm³/mol. The highest BCUT2D eigenvalue weighted by molar-refractivity contribution is 7.92. The first-order chi connectivity index (χ1) is 10.7. The van der Waals surface area contributed by atoms with Gasteiger partial charge in [-0.25, -0.2) is 8.42 Å². The number of carbonyl (C=O) groups excluding carboxylic acids is 2. The molecule has 0 aromatic carbocycles. The SMILES string of the molecule is CC(=O)OCC1=C(C(=S)OCCO)N2C(=O)[C@H](Cl)C2S(=O)(=O)C1. The van der Waals surface area contributed by atoms with Crippen molar-refractivity contribution in [3.63, 3.8) is 0 Å². The first-order valence-corrected chi connectivity index (χ1v) is 9.08. The van der Waals surface area contributed by atoms with E-state index < -0.39 is 38.2 Å². The number of thiocarbonyl (C=S) groups is 1. The second-order valence-electron chi connectivity index (χ2n) is 4.90. The van der Waals surface area contributed by atoms with Crippen LogP contribution in [0, 0.1) is 0 Å². The van der Waals surface area contributed by atoms with E-state index in [0.717, 1.165) is 4.90 Å². The van der Waals surface area contributed by atoms with E-state index in [1.165, 1.54) is 6.92 Å². The zero-order chi connectivity index (χ0) is 17.4. The summed E-state index contributed by atoms with van der Waals surface area (Å²) in [6, 6.07) is 0. The molecule has 1 saturated heterocycles. The summed E-state index contributed by atoms with van der Waals surface area (Å²) >= 11 is 10.9. The van der Waals surface area contributed by atoms with Gasteiger partial charge < -0.3 is 14.6 Å². The van der Waals surface area contributed by atoms with Crippen LogP contribution >= 0.6 is 23.8 Å². The van der Waals surface area contributed by atoms with E-state index in [-0.39, 0.29) is 36.1 Å². The Bertz CT molecular complexity index is 688. The number of sulfone groups is 1. The van der Waals surface area contributed by atoms with Crippen LogP contribution < -0.4 is 0 Å². The highest BCUT2D eigenvalue weighted by atomic mass is 35.5. The molecular formula is C12H14ClNO7S2. The van der Waals surface area contributed by atoms with Gasteiger partial charge in [0.15, 0.2) is 15.2 Å². The second-order valence-corrected chi connectivity index (χ2v) is 7.84. The van der Waals surface area contributed by atoms with E-state index in [1.807, 2.05) is 0 Å². The van der Waals surface area contributed by atoms with E-state index in [4.69, 9.17) is 38.4 Å². The number of ether oxygens (including phenoxy) is 2. The summed E-state index contributed by atoms with van der Waals surface area (Å²) in [4.78, 5) is 23.9. The van der Waals surface area contributed by atoms with Crippen LogP contribution in [0.1, 0.15) is 6.92 Å². The Balaban J connectivity index is 2.42. The summed E-state index contributed by atoms with van der Waals surface area (Å²) in [7, 11) is -3.73. The van der Waals surface area contributed by atoms with E-state index in [1.54, 1.807) is 0 Å².